The second-order valence-electron chi connectivity index (χ2n) is 8.40. The zero-order valence-corrected chi connectivity index (χ0v) is 19.3. The van der Waals surface area contributed by atoms with E-state index < -0.39 is 11.2 Å². The Balaban J connectivity index is 1.82. The van der Waals surface area contributed by atoms with Crippen molar-refractivity contribution in [2.24, 2.45) is 18.0 Å². The van der Waals surface area contributed by atoms with Gasteiger partial charge in [-0.3, -0.25) is 13.9 Å². The predicted octanol–water partition coefficient (Wildman–Crippen LogP) is 2.85. The first kappa shape index (κ1) is 24.1. The minimum absolute atomic E-state index is 0.108. The van der Waals surface area contributed by atoms with Crippen molar-refractivity contribution in [3.05, 3.63) is 91.9 Å². The maximum absolute atomic E-state index is 13.4. The zero-order valence-electron chi connectivity index (χ0n) is 19.3. The molecule has 180 valence electrons. The van der Waals surface area contributed by atoms with Gasteiger partial charge in [0.15, 0.2) is 5.90 Å². The first-order chi connectivity index (χ1) is 16.9. The van der Waals surface area contributed by atoms with Gasteiger partial charge in [0.2, 0.25) is 0 Å². The van der Waals surface area contributed by atoms with Gasteiger partial charge in [-0.05, 0) is 55.5 Å². The number of hydrogen-bond donors (Lipinski definition) is 1. The summed E-state index contributed by atoms with van der Waals surface area (Å²) in [5.74, 6) is 0.181. The number of rotatable bonds is 6. The summed E-state index contributed by atoms with van der Waals surface area (Å²) in [6.45, 7) is -0.0300. The molecule has 0 amide bonds. The Kier molecular flexibility index (Phi) is 7.22. The van der Waals surface area contributed by atoms with Crippen molar-refractivity contribution in [2.45, 2.75) is 32.2 Å². The third-order valence-corrected chi connectivity index (χ3v) is 6.07. The highest BCUT2D eigenvalue weighted by molar-refractivity contribution is 5.85. The summed E-state index contributed by atoms with van der Waals surface area (Å²) in [5, 5.41) is 18.7. The van der Waals surface area contributed by atoms with Gasteiger partial charge in [-0.25, -0.2) is 9.18 Å². The van der Waals surface area contributed by atoms with Crippen LogP contribution < -0.4 is 16.0 Å². The number of nitriles is 1. The lowest BCUT2D eigenvalue weighted by molar-refractivity contribution is 0.277. The van der Waals surface area contributed by atoms with E-state index in [0.717, 1.165) is 10.1 Å². The molecule has 0 fully saturated rings. The van der Waals surface area contributed by atoms with Crippen LogP contribution in [0.5, 0.6) is 5.75 Å². The van der Waals surface area contributed by atoms with E-state index in [9.17, 15) is 19.2 Å². The average Bonchev–Trinajstić information content (AvgIpc) is 3.04. The van der Waals surface area contributed by atoms with Crippen molar-refractivity contribution in [3.8, 4) is 11.8 Å². The molecule has 1 aromatic heterocycles. The molecule has 35 heavy (non-hydrogen) atoms. The molecule has 0 spiro atoms. The number of hydrogen-bond acceptors (Lipinski definition) is 6. The lowest BCUT2D eigenvalue weighted by Gasteiger charge is -2.18. The van der Waals surface area contributed by atoms with E-state index >= 15 is 0 Å². The molecule has 0 bridgehead atoms. The molecule has 0 saturated carbocycles. The van der Waals surface area contributed by atoms with Crippen LogP contribution in [-0.2, 0) is 26.4 Å². The number of fused-ring (bicyclic) bond motifs is 1. The molecule has 1 atom stereocenters. The van der Waals surface area contributed by atoms with E-state index in [1.807, 2.05) is 0 Å². The second kappa shape index (κ2) is 10.5. The molecule has 9 heteroatoms. The summed E-state index contributed by atoms with van der Waals surface area (Å²) in [6.07, 6.45) is 1.59. The standard InChI is InChI=1S/C26H25FN4O4/c1-30-23-21(25(33)31(26(30)34)13-4-14-32)12-9-18(15-17-7-10-20(27)11-8-17)24(29-23)35-22-6-3-2-5-19(22)16-28/h2-3,5-8,10-11,18,32H,4,9,12-15H2,1H3. The summed E-state index contributed by atoms with van der Waals surface area (Å²) in [4.78, 5) is 30.8. The van der Waals surface area contributed by atoms with Crippen LogP contribution in [0.2, 0.25) is 0 Å². The molecule has 2 aromatic carbocycles. The van der Waals surface area contributed by atoms with Crippen LogP contribution in [0.3, 0.4) is 0 Å². The quantitative estimate of drug-likeness (QED) is 0.588. The van der Waals surface area contributed by atoms with E-state index in [-0.39, 0.29) is 43.0 Å². The van der Waals surface area contributed by atoms with Gasteiger partial charge in [0.1, 0.15) is 23.5 Å². The SMILES string of the molecule is Cn1c2c(c(=O)n(CCCO)c1=O)CCC(Cc1ccc(F)cc1)C(Oc1ccccc1C#N)=N2. The third kappa shape index (κ3) is 5.08. The fraction of sp³-hybridized carbons (Fsp3) is 0.308. The van der Waals surface area contributed by atoms with Crippen molar-refractivity contribution in [2.75, 3.05) is 6.61 Å². The summed E-state index contributed by atoms with van der Waals surface area (Å²) in [5.41, 5.74) is 0.621. The minimum Gasteiger partial charge on any atom is -0.441 e. The van der Waals surface area contributed by atoms with E-state index in [4.69, 9.17) is 9.84 Å². The normalized spacial score (nSPS) is 15.0. The van der Waals surface area contributed by atoms with Gasteiger partial charge < -0.3 is 9.84 Å². The number of nitrogens with zero attached hydrogens (tertiary/aromatic N) is 4. The molecule has 1 aliphatic heterocycles. The van der Waals surface area contributed by atoms with Crippen LogP contribution in [0.4, 0.5) is 10.2 Å². The Morgan fingerprint density at radius 1 is 1.20 bits per heavy atom. The van der Waals surface area contributed by atoms with E-state index in [0.29, 0.717) is 36.1 Å². The lowest BCUT2D eigenvalue weighted by Crippen LogP contribution is -2.41. The molecular formula is C26H25FN4O4. The number of aliphatic hydroxyl groups is 1. The number of ether oxygens (including phenoxy) is 1. The number of benzene rings is 2. The first-order valence-electron chi connectivity index (χ1n) is 11.4. The van der Waals surface area contributed by atoms with Crippen LogP contribution >= 0.6 is 0 Å². The highest BCUT2D eigenvalue weighted by Gasteiger charge is 2.28. The zero-order chi connectivity index (χ0) is 24.9. The maximum atomic E-state index is 13.4. The van der Waals surface area contributed by atoms with Crippen molar-refractivity contribution >= 4 is 11.7 Å². The first-order valence-corrected chi connectivity index (χ1v) is 11.4. The molecule has 2 heterocycles. The number of aliphatic hydroxyl groups excluding tert-OH is 1. The smallest absolute Gasteiger partial charge is 0.332 e. The van der Waals surface area contributed by atoms with Gasteiger partial charge in [0.25, 0.3) is 5.56 Å². The fourth-order valence-corrected chi connectivity index (χ4v) is 4.21. The average molecular weight is 477 g/mol. The van der Waals surface area contributed by atoms with Gasteiger partial charge in [-0.2, -0.15) is 10.3 Å². The van der Waals surface area contributed by atoms with E-state index in [2.05, 4.69) is 11.1 Å². The van der Waals surface area contributed by atoms with Crippen LogP contribution in [-0.4, -0.2) is 26.7 Å². The number of aliphatic imine (C=N–C) groups is 1. The summed E-state index contributed by atoms with van der Waals surface area (Å²) in [6, 6.07) is 15.0. The molecule has 1 unspecified atom stereocenters. The van der Waals surface area contributed by atoms with Gasteiger partial charge in [0, 0.05) is 26.1 Å². The Morgan fingerprint density at radius 3 is 2.66 bits per heavy atom. The van der Waals surface area contributed by atoms with Gasteiger partial charge in [-0.15, -0.1) is 0 Å². The van der Waals surface area contributed by atoms with Crippen LogP contribution in [0, 0.1) is 23.1 Å². The van der Waals surface area contributed by atoms with Gasteiger partial charge >= 0.3 is 5.69 Å². The number of aromatic nitrogens is 2. The molecule has 0 saturated heterocycles. The van der Waals surface area contributed by atoms with Crippen molar-refractivity contribution < 1.29 is 14.2 Å². The summed E-state index contributed by atoms with van der Waals surface area (Å²) < 4.78 is 22.0. The molecule has 3 aromatic rings. The Labute approximate surface area is 201 Å². The van der Waals surface area contributed by atoms with Crippen molar-refractivity contribution in [1.82, 2.24) is 9.13 Å². The van der Waals surface area contributed by atoms with Crippen molar-refractivity contribution in [1.29, 1.82) is 5.26 Å². The molecular weight excluding hydrogens is 451 g/mol. The molecule has 0 radical (unpaired) electrons. The summed E-state index contributed by atoms with van der Waals surface area (Å²) >= 11 is 0. The molecule has 1 N–H and O–H groups in total. The lowest BCUT2D eigenvalue weighted by atomic mass is 9.93. The van der Waals surface area contributed by atoms with Crippen LogP contribution in [0.25, 0.3) is 0 Å². The highest BCUT2D eigenvalue weighted by atomic mass is 19.1. The largest absolute Gasteiger partial charge is 0.441 e. The Bertz CT molecular complexity index is 1420. The van der Waals surface area contributed by atoms with Crippen LogP contribution in [0.15, 0.2) is 63.1 Å². The number of halogens is 1. The third-order valence-electron chi connectivity index (χ3n) is 6.07. The minimum atomic E-state index is -0.528. The van der Waals surface area contributed by atoms with E-state index in [1.54, 1.807) is 43.4 Å². The van der Waals surface area contributed by atoms with Gasteiger partial charge in [0.05, 0.1) is 11.1 Å². The van der Waals surface area contributed by atoms with E-state index in [1.165, 1.54) is 16.7 Å². The maximum Gasteiger partial charge on any atom is 0.332 e. The fourth-order valence-electron chi connectivity index (χ4n) is 4.21. The van der Waals surface area contributed by atoms with Crippen molar-refractivity contribution in [3.63, 3.8) is 0 Å². The van der Waals surface area contributed by atoms with Crippen LogP contribution in [0.1, 0.15) is 29.5 Å². The van der Waals surface area contributed by atoms with Gasteiger partial charge in [-0.1, -0.05) is 24.3 Å². The topological polar surface area (TPSA) is 110 Å². The number of para-hydroxylation sites is 1. The molecule has 4 rings (SSSR count). The monoisotopic (exact) mass is 476 g/mol. The Hall–Kier alpha value is -4.03. The predicted molar refractivity (Wildman–Crippen MR) is 128 cm³/mol. The highest BCUT2D eigenvalue weighted by Crippen LogP contribution is 2.29. The summed E-state index contributed by atoms with van der Waals surface area (Å²) in [7, 11) is 1.54. The Morgan fingerprint density at radius 2 is 1.94 bits per heavy atom. The molecule has 1 aliphatic rings. The molecule has 0 aliphatic carbocycles. The second-order valence-corrected chi connectivity index (χ2v) is 8.40. The molecule has 8 nitrogen and oxygen atoms in total.